The van der Waals surface area contributed by atoms with Gasteiger partial charge in [0.05, 0.1) is 22.7 Å². The molecule has 1 aliphatic heterocycles. The summed E-state index contributed by atoms with van der Waals surface area (Å²) >= 11 is 5.93. The third kappa shape index (κ3) is 2.94. The molecule has 1 heterocycles. The first-order valence-electron chi connectivity index (χ1n) is 5.99. The van der Waals surface area contributed by atoms with Crippen LogP contribution in [-0.4, -0.2) is 29.8 Å². The average molecular weight is 270 g/mol. The van der Waals surface area contributed by atoms with E-state index in [4.69, 9.17) is 16.3 Å². The number of phenolic OH excluding ortho intramolecular Hbond substituents is 1. The van der Waals surface area contributed by atoms with Crippen molar-refractivity contribution in [3.63, 3.8) is 0 Å². The van der Waals surface area contributed by atoms with Gasteiger partial charge in [-0.2, -0.15) is 0 Å². The first-order valence-corrected chi connectivity index (χ1v) is 6.36. The topological polar surface area (TPSA) is 58.6 Å². The number of amides is 1. The van der Waals surface area contributed by atoms with Crippen molar-refractivity contribution in [2.75, 3.05) is 6.61 Å². The summed E-state index contributed by atoms with van der Waals surface area (Å²) in [5.41, 5.74) is 0.279. The lowest BCUT2D eigenvalue weighted by atomic mass is 10.1. The molecule has 1 aromatic rings. The SMILES string of the molecule is CC(NC(=O)c1cc(O)ccc1Cl)C1CCCO1. The van der Waals surface area contributed by atoms with E-state index in [2.05, 4.69) is 5.32 Å². The molecule has 98 valence electrons. The molecule has 2 unspecified atom stereocenters. The Kier molecular flexibility index (Phi) is 4.09. The van der Waals surface area contributed by atoms with Gasteiger partial charge in [0.15, 0.2) is 0 Å². The molecule has 1 saturated heterocycles. The highest BCUT2D eigenvalue weighted by molar-refractivity contribution is 6.33. The predicted octanol–water partition coefficient (Wildman–Crippen LogP) is 2.34. The number of carbonyl (C=O) groups excluding carboxylic acids is 1. The van der Waals surface area contributed by atoms with E-state index in [1.54, 1.807) is 0 Å². The van der Waals surface area contributed by atoms with Crippen LogP contribution in [0.15, 0.2) is 18.2 Å². The Balaban J connectivity index is 2.04. The fourth-order valence-electron chi connectivity index (χ4n) is 2.06. The molecule has 0 aromatic heterocycles. The fraction of sp³-hybridized carbons (Fsp3) is 0.462. The van der Waals surface area contributed by atoms with Gasteiger partial charge in [0.1, 0.15) is 5.75 Å². The van der Waals surface area contributed by atoms with Gasteiger partial charge in [0, 0.05) is 6.61 Å². The Morgan fingerprint density at radius 2 is 2.39 bits per heavy atom. The van der Waals surface area contributed by atoms with Crippen LogP contribution >= 0.6 is 11.6 Å². The normalized spacial score (nSPS) is 20.7. The lowest BCUT2D eigenvalue weighted by Crippen LogP contribution is -2.40. The van der Waals surface area contributed by atoms with Crippen LogP contribution in [0, 0.1) is 0 Å². The third-order valence-corrected chi connectivity index (χ3v) is 3.41. The van der Waals surface area contributed by atoms with Crippen molar-refractivity contribution in [1.29, 1.82) is 0 Å². The van der Waals surface area contributed by atoms with Gasteiger partial charge in [-0.15, -0.1) is 0 Å². The first kappa shape index (κ1) is 13.2. The predicted molar refractivity (Wildman–Crippen MR) is 69.0 cm³/mol. The molecule has 0 saturated carbocycles. The summed E-state index contributed by atoms with van der Waals surface area (Å²) in [6.07, 6.45) is 2.04. The minimum Gasteiger partial charge on any atom is -0.508 e. The van der Waals surface area contributed by atoms with Crippen molar-refractivity contribution in [2.45, 2.75) is 31.9 Å². The molecular formula is C13H16ClNO3. The van der Waals surface area contributed by atoms with Crippen molar-refractivity contribution < 1.29 is 14.6 Å². The van der Waals surface area contributed by atoms with Crippen LogP contribution in [-0.2, 0) is 4.74 Å². The zero-order chi connectivity index (χ0) is 13.1. The maximum Gasteiger partial charge on any atom is 0.253 e. The van der Waals surface area contributed by atoms with E-state index in [9.17, 15) is 9.90 Å². The van der Waals surface area contributed by atoms with E-state index in [0.29, 0.717) is 5.02 Å². The molecule has 2 N–H and O–H groups in total. The van der Waals surface area contributed by atoms with Gasteiger partial charge in [0.2, 0.25) is 0 Å². The summed E-state index contributed by atoms with van der Waals surface area (Å²) in [4.78, 5) is 12.0. The molecule has 1 amide bonds. The van der Waals surface area contributed by atoms with Gasteiger partial charge in [-0.25, -0.2) is 0 Å². The zero-order valence-electron chi connectivity index (χ0n) is 10.1. The first-order chi connectivity index (χ1) is 8.58. The second-order valence-electron chi connectivity index (χ2n) is 4.48. The van der Waals surface area contributed by atoms with E-state index < -0.39 is 0 Å². The number of ether oxygens (including phenoxy) is 1. The average Bonchev–Trinajstić information content (AvgIpc) is 2.85. The van der Waals surface area contributed by atoms with Gasteiger partial charge in [-0.1, -0.05) is 11.6 Å². The molecule has 4 nitrogen and oxygen atoms in total. The molecule has 0 radical (unpaired) electrons. The molecule has 5 heteroatoms. The highest BCUT2D eigenvalue weighted by atomic mass is 35.5. The molecule has 0 spiro atoms. The van der Waals surface area contributed by atoms with E-state index in [1.165, 1.54) is 18.2 Å². The van der Waals surface area contributed by atoms with E-state index in [1.807, 2.05) is 6.92 Å². The van der Waals surface area contributed by atoms with Gasteiger partial charge in [-0.05, 0) is 38.0 Å². The van der Waals surface area contributed by atoms with Gasteiger partial charge in [0.25, 0.3) is 5.91 Å². The van der Waals surface area contributed by atoms with Crippen LogP contribution in [0.1, 0.15) is 30.1 Å². The smallest absolute Gasteiger partial charge is 0.253 e. The second kappa shape index (κ2) is 5.59. The fourth-order valence-corrected chi connectivity index (χ4v) is 2.27. The highest BCUT2D eigenvalue weighted by Gasteiger charge is 2.24. The minimum atomic E-state index is -0.293. The largest absolute Gasteiger partial charge is 0.508 e. The minimum absolute atomic E-state index is 0.0225. The quantitative estimate of drug-likeness (QED) is 0.886. The molecule has 2 atom stereocenters. The number of hydrogen-bond acceptors (Lipinski definition) is 3. The van der Waals surface area contributed by atoms with Crippen LogP contribution in [0.3, 0.4) is 0 Å². The maximum absolute atomic E-state index is 12.0. The van der Waals surface area contributed by atoms with E-state index in [0.717, 1.165) is 19.4 Å². The lowest BCUT2D eigenvalue weighted by Gasteiger charge is -2.20. The van der Waals surface area contributed by atoms with Crippen molar-refractivity contribution in [3.05, 3.63) is 28.8 Å². The molecule has 1 aliphatic rings. The van der Waals surface area contributed by atoms with Crippen molar-refractivity contribution in [2.24, 2.45) is 0 Å². The Morgan fingerprint density at radius 1 is 1.61 bits per heavy atom. The van der Waals surface area contributed by atoms with Crippen LogP contribution in [0.4, 0.5) is 0 Å². The number of nitrogens with one attached hydrogen (secondary N) is 1. The number of phenols is 1. The van der Waals surface area contributed by atoms with E-state index in [-0.39, 0.29) is 29.4 Å². The molecule has 18 heavy (non-hydrogen) atoms. The van der Waals surface area contributed by atoms with Crippen molar-refractivity contribution in [1.82, 2.24) is 5.32 Å². The highest BCUT2D eigenvalue weighted by Crippen LogP contribution is 2.22. The molecule has 2 rings (SSSR count). The number of benzene rings is 1. The van der Waals surface area contributed by atoms with Crippen LogP contribution in [0.25, 0.3) is 0 Å². The number of aromatic hydroxyl groups is 1. The summed E-state index contributed by atoms with van der Waals surface area (Å²) in [6, 6.07) is 4.24. The Hall–Kier alpha value is -1.26. The molecule has 1 aromatic carbocycles. The monoisotopic (exact) mass is 269 g/mol. The Labute approximate surface area is 111 Å². The molecular weight excluding hydrogens is 254 g/mol. The van der Waals surface area contributed by atoms with Crippen LogP contribution < -0.4 is 5.32 Å². The van der Waals surface area contributed by atoms with E-state index >= 15 is 0 Å². The summed E-state index contributed by atoms with van der Waals surface area (Å²) in [7, 11) is 0. The Morgan fingerprint density at radius 3 is 3.06 bits per heavy atom. The number of carbonyl (C=O) groups is 1. The summed E-state index contributed by atoms with van der Waals surface area (Å²) in [5, 5.41) is 12.5. The summed E-state index contributed by atoms with van der Waals surface area (Å²) in [5.74, 6) is -0.270. The van der Waals surface area contributed by atoms with Crippen LogP contribution in [0.2, 0.25) is 5.02 Å². The van der Waals surface area contributed by atoms with Gasteiger partial charge < -0.3 is 15.2 Å². The number of hydrogen-bond donors (Lipinski definition) is 2. The standard InChI is InChI=1S/C13H16ClNO3/c1-8(12-3-2-6-18-12)15-13(17)10-7-9(16)4-5-11(10)14/h4-5,7-8,12,16H,2-3,6H2,1H3,(H,15,17). The van der Waals surface area contributed by atoms with Crippen LogP contribution in [0.5, 0.6) is 5.75 Å². The maximum atomic E-state index is 12.0. The summed E-state index contributed by atoms with van der Waals surface area (Å²) in [6.45, 7) is 2.66. The third-order valence-electron chi connectivity index (χ3n) is 3.08. The lowest BCUT2D eigenvalue weighted by molar-refractivity contribution is 0.0712. The zero-order valence-corrected chi connectivity index (χ0v) is 10.9. The summed E-state index contributed by atoms with van der Waals surface area (Å²) < 4.78 is 5.51. The van der Waals surface area contributed by atoms with Crippen molar-refractivity contribution >= 4 is 17.5 Å². The number of rotatable bonds is 3. The molecule has 1 fully saturated rings. The molecule has 0 bridgehead atoms. The number of halogens is 1. The molecule has 0 aliphatic carbocycles. The van der Waals surface area contributed by atoms with Crippen molar-refractivity contribution in [3.8, 4) is 5.75 Å². The van der Waals surface area contributed by atoms with Gasteiger partial charge >= 0.3 is 0 Å². The second-order valence-corrected chi connectivity index (χ2v) is 4.88. The van der Waals surface area contributed by atoms with Gasteiger partial charge in [-0.3, -0.25) is 4.79 Å². The Bertz CT molecular complexity index is 444.